The van der Waals surface area contributed by atoms with E-state index in [0.717, 1.165) is 13.0 Å². The van der Waals surface area contributed by atoms with Gasteiger partial charge in [-0.05, 0) is 50.4 Å². The van der Waals surface area contributed by atoms with Crippen molar-refractivity contribution in [2.24, 2.45) is 5.73 Å². The van der Waals surface area contributed by atoms with Gasteiger partial charge >= 0.3 is 12.4 Å². The number of rotatable bonds is 5. The molecule has 1 rings (SSSR count). The largest absolute Gasteiger partial charge is 0.430 e. The molecule has 0 aliphatic heterocycles. The second-order valence-corrected chi connectivity index (χ2v) is 5.64. The molecule has 0 bridgehead atoms. The van der Waals surface area contributed by atoms with Gasteiger partial charge in [0.05, 0.1) is 0 Å². The molecule has 1 aromatic carbocycles. The van der Waals surface area contributed by atoms with Crippen molar-refractivity contribution in [1.29, 1.82) is 0 Å². The van der Waals surface area contributed by atoms with Gasteiger partial charge in [-0.1, -0.05) is 6.07 Å². The molecule has 0 heterocycles. The normalized spacial score (nSPS) is 13.3. The number of aliphatic hydroxyl groups is 1. The van der Waals surface area contributed by atoms with Crippen molar-refractivity contribution < 1.29 is 31.4 Å². The first-order chi connectivity index (χ1) is 10.8. The Morgan fingerprint density at radius 2 is 1.50 bits per heavy atom. The first-order valence-corrected chi connectivity index (χ1v) is 7.20. The van der Waals surface area contributed by atoms with Gasteiger partial charge in [0.1, 0.15) is 0 Å². The Balaban J connectivity index is 3.55. The number of alkyl halides is 6. The minimum Gasteiger partial charge on any atom is -0.385 e. The molecule has 0 amide bonds. The van der Waals surface area contributed by atoms with Gasteiger partial charge in [-0.2, -0.15) is 26.3 Å². The minimum absolute atomic E-state index is 0.178. The predicted molar refractivity (Wildman–Crippen MR) is 78.8 cm³/mol. The van der Waals surface area contributed by atoms with E-state index in [2.05, 4.69) is 5.32 Å². The molecule has 0 aliphatic carbocycles. The third-order valence-electron chi connectivity index (χ3n) is 3.99. The first-order valence-electron chi connectivity index (χ1n) is 7.20. The van der Waals surface area contributed by atoms with Gasteiger partial charge in [0.25, 0.3) is 5.60 Å². The average Bonchev–Trinajstić information content (AvgIpc) is 2.43. The number of nitrogens with one attached hydrogen (secondary N) is 1. The fourth-order valence-corrected chi connectivity index (χ4v) is 2.51. The van der Waals surface area contributed by atoms with E-state index in [-0.39, 0.29) is 16.7 Å². The van der Waals surface area contributed by atoms with E-state index in [9.17, 15) is 31.4 Å². The molecule has 1 aromatic rings. The van der Waals surface area contributed by atoms with Crippen LogP contribution in [0.1, 0.15) is 28.7 Å². The molecule has 0 unspecified atom stereocenters. The number of hydrogen-bond acceptors (Lipinski definition) is 3. The molecule has 4 N–H and O–H groups in total. The number of benzene rings is 1. The third kappa shape index (κ3) is 3.46. The highest BCUT2D eigenvalue weighted by Gasteiger charge is 2.71. The van der Waals surface area contributed by atoms with Gasteiger partial charge in [0.2, 0.25) is 0 Å². The van der Waals surface area contributed by atoms with E-state index in [1.807, 2.05) is 0 Å². The van der Waals surface area contributed by atoms with Crippen LogP contribution in [0.5, 0.6) is 0 Å². The first kappa shape index (κ1) is 20.6. The summed E-state index contributed by atoms with van der Waals surface area (Å²) in [5.74, 6) is 0. The molecule has 0 aliphatic rings. The molecular formula is C15H20F6N2O. The molecule has 24 heavy (non-hydrogen) atoms. The third-order valence-corrected chi connectivity index (χ3v) is 3.99. The summed E-state index contributed by atoms with van der Waals surface area (Å²) in [5, 5.41) is 12.6. The van der Waals surface area contributed by atoms with Crippen molar-refractivity contribution in [3.05, 3.63) is 28.3 Å². The van der Waals surface area contributed by atoms with Crippen LogP contribution < -0.4 is 11.1 Å². The van der Waals surface area contributed by atoms with Crippen molar-refractivity contribution in [2.45, 2.75) is 45.1 Å². The zero-order valence-electron chi connectivity index (χ0n) is 13.5. The van der Waals surface area contributed by atoms with Crippen molar-refractivity contribution in [3.63, 3.8) is 0 Å². The molecule has 0 saturated heterocycles. The second-order valence-electron chi connectivity index (χ2n) is 5.64. The standard InChI is InChI=1S/C15H20F6N2O/c1-8-7-11(13(24,14(16,17)18)15(19,20)21)9(2)10(3)12(8)23-6-4-5-22/h7,23-24H,4-6,22H2,1-3H3. The lowest BCUT2D eigenvalue weighted by Crippen LogP contribution is -2.54. The molecule has 3 nitrogen and oxygen atoms in total. The molecule has 0 radical (unpaired) electrons. The lowest BCUT2D eigenvalue weighted by atomic mass is 9.84. The molecule has 0 spiro atoms. The average molecular weight is 358 g/mol. The number of nitrogens with two attached hydrogens (primary N) is 1. The van der Waals surface area contributed by atoms with E-state index >= 15 is 0 Å². The van der Waals surface area contributed by atoms with Crippen LogP contribution in [-0.4, -0.2) is 30.5 Å². The fourth-order valence-electron chi connectivity index (χ4n) is 2.51. The highest BCUT2D eigenvalue weighted by molar-refractivity contribution is 5.62. The lowest BCUT2D eigenvalue weighted by Gasteiger charge is -2.35. The van der Waals surface area contributed by atoms with Crippen LogP contribution in [0, 0.1) is 20.8 Å². The SMILES string of the molecule is Cc1cc(C(O)(C(F)(F)F)C(F)(F)F)c(C)c(C)c1NCCCN. The fraction of sp³-hybridized carbons (Fsp3) is 0.600. The van der Waals surface area contributed by atoms with Crippen LogP contribution in [0.25, 0.3) is 0 Å². The van der Waals surface area contributed by atoms with E-state index in [1.54, 1.807) is 0 Å². The molecule has 138 valence electrons. The van der Waals surface area contributed by atoms with Crippen molar-refractivity contribution >= 4 is 5.69 Å². The van der Waals surface area contributed by atoms with Gasteiger partial charge in [-0.25, -0.2) is 0 Å². The zero-order chi connectivity index (χ0) is 18.9. The quantitative estimate of drug-likeness (QED) is 0.556. The van der Waals surface area contributed by atoms with Crippen LogP contribution >= 0.6 is 0 Å². The molecule has 0 fully saturated rings. The summed E-state index contributed by atoms with van der Waals surface area (Å²) < 4.78 is 78.5. The Morgan fingerprint density at radius 3 is 1.92 bits per heavy atom. The van der Waals surface area contributed by atoms with Crippen molar-refractivity contribution in [2.75, 3.05) is 18.4 Å². The van der Waals surface area contributed by atoms with E-state index in [4.69, 9.17) is 5.73 Å². The summed E-state index contributed by atoms with van der Waals surface area (Å²) in [6, 6.07) is 0.730. The second kappa shape index (κ2) is 6.79. The maximum Gasteiger partial charge on any atom is 0.430 e. The van der Waals surface area contributed by atoms with Crippen molar-refractivity contribution in [3.8, 4) is 0 Å². The Kier molecular flexibility index (Phi) is 5.82. The maximum absolute atomic E-state index is 13.1. The van der Waals surface area contributed by atoms with Crippen LogP contribution in [0.3, 0.4) is 0 Å². The Hall–Kier alpha value is -1.48. The Morgan fingerprint density at radius 1 is 1.00 bits per heavy atom. The Labute approximate surface area is 135 Å². The van der Waals surface area contributed by atoms with Crippen molar-refractivity contribution in [1.82, 2.24) is 0 Å². The van der Waals surface area contributed by atoms with Crippen LogP contribution in [-0.2, 0) is 5.60 Å². The number of halogens is 6. The summed E-state index contributed by atoms with van der Waals surface area (Å²) in [4.78, 5) is 0. The lowest BCUT2D eigenvalue weighted by molar-refractivity contribution is -0.376. The maximum atomic E-state index is 13.1. The summed E-state index contributed by atoms with van der Waals surface area (Å²) in [6.45, 7) is 4.74. The minimum atomic E-state index is -5.90. The topological polar surface area (TPSA) is 58.3 Å². The summed E-state index contributed by atoms with van der Waals surface area (Å²) >= 11 is 0. The monoisotopic (exact) mass is 358 g/mol. The number of anilines is 1. The number of aryl methyl sites for hydroxylation is 1. The molecular weight excluding hydrogens is 338 g/mol. The van der Waals surface area contributed by atoms with Gasteiger partial charge in [-0.3, -0.25) is 0 Å². The Bertz CT molecular complexity index is 581. The van der Waals surface area contributed by atoms with Gasteiger partial charge < -0.3 is 16.2 Å². The van der Waals surface area contributed by atoms with Crippen LogP contribution in [0.2, 0.25) is 0 Å². The van der Waals surface area contributed by atoms with Gasteiger partial charge in [0.15, 0.2) is 0 Å². The van der Waals surface area contributed by atoms with Gasteiger partial charge in [0, 0.05) is 17.8 Å². The highest BCUT2D eigenvalue weighted by atomic mass is 19.4. The zero-order valence-corrected chi connectivity index (χ0v) is 13.5. The van der Waals surface area contributed by atoms with Crippen LogP contribution in [0.15, 0.2) is 6.07 Å². The van der Waals surface area contributed by atoms with Gasteiger partial charge in [-0.15, -0.1) is 0 Å². The number of hydrogen-bond donors (Lipinski definition) is 3. The molecule has 0 saturated carbocycles. The van der Waals surface area contributed by atoms with E-state index in [0.29, 0.717) is 25.2 Å². The molecule has 0 atom stereocenters. The summed E-state index contributed by atoms with van der Waals surface area (Å²) in [7, 11) is 0. The molecule has 0 aromatic heterocycles. The highest BCUT2D eigenvalue weighted by Crippen LogP contribution is 2.51. The predicted octanol–water partition coefficient (Wildman–Crippen LogP) is 3.68. The van der Waals surface area contributed by atoms with E-state index < -0.39 is 23.5 Å². The van der Waals surface area contributed by atoms with E-state index in [1.165, 1.54) is 13.8 Å². The summed E-state index contributed by atoms with van der Waals surface area (Å²) in [6.07, 6.45) is -11.2. The summed E-state index contributed by atoms with van der Waals surface area (Å²) in [5.41, 5.74) is -0.210. The smallest absolute Gasteiger partial charge is 0.385 e. The molecule has 9 heteroatoms. The van der Waals surface area contributed by atoms with Crippen LogP contribution in [0.4, 0.5) is 32.0 Å².